The number of amides is 1. The minimum Gasteiger partial charge on any atom is -0.289 e. The fourth-order valence-electron chi connectivity index (χ4n) is 1.81. The molecule has 10 heteroatoms. The van der Waals surface area contributed by atoms with Crippen LogP contribution in [0.5, 0.6) is 0 Å². The number of thiazole rings is 1. The summed E-state index contributed by atoms with van der Waals surface area (Å²) in [6, 6.07) is 3.81. The highest BCUT2D eigenvalue weighted by Gasteiger charge is 2.17. The van der Waals surface area contributed by atoms with Crippen LogP contribution in [0.2, 0.25) is 5.02 Å². The highest BCUT2D eigenvalue weighted by Crippen LogP contribution is 2.25. The van der Waals surface area contributed by atoms with Crippen LogP contribution in [0.1, 0.15) is 16.1 Å². The number of nitro groups is 1. The van der Waals surface area contributed by atoms with Gasteiger partial charge >= 0.3 is 0 Å². The van der Waals surface area contributed by atoms with E-state index in [-0.39, 0.29) is 22.2 Å². The lowest BCUT2D eigenvalue weighted by Gasteiger charge is -2.02. The quantitative estimate of drug-likeness (QED) is 0.584. The first-order valence-corrected chi connectivity index (χ1v) is 7.27. The summed E-state index contributed by atoms with van der Waals surface area (Å²) in [5.74, 6) is -0.409. The van der Waals surface area contributed by atoms with E-state index in [9.17, 15) is 14.9 Å². The molecule has 2 heterocycles. The molecule has 0 aliphatic rings. The van der Waals surface area contributed by atoms with Crippen LogP contribution in [0, 0.1) is 17.0 Å². The highest BCUT2D eigenvalue weighted by molar-refractivity contribution is 7.15. The first-order valence-electron chi connectivity index (χ1n) is 6.02. The molecule has 1 N–H and O–H groups in total. The smallest absolute Gasteiger partial charge is 0.288 e. The summed E-state index contributed by atoms with van der Waals surface area (Å²) in [5.41, 5.74) is 0.671. The van der Waals surface area contributed by atoms with E-state index in [1.54, 1.807) is 4.52 Å². The Hall–Kier alpha value is -2.52. The van der Waals surface area contributed by atoms with Gasteiger partial charge in [0.1, 0.15) is 5.02 Å². The first-order chi connectivity index (χ1) is 10.5. The number of carbonyl (C=O) groups excluding carboxylic acids is 1. The van der Waals surface area contributed by atoms with Crippen molar-refractivity contribution in [3.63, 3.8) is 0 Å². The molecule has 0 bridgehead atoms. The standard InChI is InChI=1S/C12H8ClN5O3S/c1-6-5-22-12-15-11(16-17(6)12)14-10(19)7-2-3-8(13)9(4-7)18(20)21/h2-5H,1H3,(H,14,16,19). The summed E-state index contributed by atoms with van der Waals surface area (Å²) in [6.07, 6.45) is 0. The van der Waals surface area contributed by atoms with E-state index in [4.69, 9.17) is 11.6 Å². The molecule has 0 saturated heterocycles. The zero-order valence-electron chi connectivity index (χ0n) is 11.1. The number of rotatable bonds is 3. The van der Waals surface area contributed by atoms with Crippen LogP contribution in [0.25, 0.3) is 4.96 Å². The Morgan fingerprint density at radius 3 is 2.95 bits per heavy atom. The van der Waals surface area contributed by atoms with E-state index in [0.29, 0.717) is 4.96 Å². The van der Waals surface area contributed by atoms with Crippen molar-refractivity contribution in [2.45, 2.75) is 6.92 Å². The van der Waals surface area contributed by atoms with Crippen LogP contribution in [-0.2, 0) is 0 Å². The number of halogens is 1. The Kier molecular flexibility index (Phi) is 3.51. The van der Waals surface area contributed by atoms with Gasteiger partial charge in [-0.25, -0.2) is 4.52 Å². The third-order valence-electron chi connectivity index (χ3n) is 2.88. The number of hydrogen-bond acceptors (Lipinski definition) is 6. The maximum atomic E-state index is 12.1. The van der Waals surface area contributed by atoms with Crippen molar-refractivity contribution in [2.24, 2.45) is 0 Å². The van der Waals surface area contributed by atoms with Gasteiger partial charge in [0, 0.05) is 17.0 Å². The Labute approximate surface area is 132 Å². The number of benzene rings is 1. The molecule has 0 saturated carbocycles. The molecule has 0 atom stereocenters. The maximum absolute atomic E-state index is 12.1. The second-order valence-corrected chi connectivity index (χ2v) is 5.63. The van der Waals surface area contributed by atoms with E-state index in [1.165, 1.54) is 23.5 Å². The van der Waals surface area contributed by atoms with Crippen molar-refractivity contribution >= 4 is 45.4 Å². The fourth-order valence-corrected chi connectivity index (χ4v) is 2.80. The topological polar surface area (TPSA) is 102 Å². The monoisotopic (exact) mass is 337 g/mol. The van der Waals surface area contributed by atoms with Gasteiger partial charge in [0.2, 0.25) is 4.96 Å². The number of anilines is 1. The normalized spacial score (nSPS) is 10.8. The molecule has 8 nitrogen and oxygen atoms in total. The van der Waals surface area contributed by atoms with Crippen LogP contribution in [0.3, 0.4) is 0 Å². The van der Waals surface area contributed by atoms with Crippen molar-refractivity contribution in [1.82, 2.24) is 14.6 Å². The predicted octanol–water partition coefficient (Wildman–Crippen LogP) is 2.91. The number of nitrogens with zero attached hydrogens (tertiary/aromatic N) is 4. The third kappa shape index (κ3) is 2.51. The molecule has 1 amide bonds. The zero-order chi connectivity index (χ0) is 15.9. The molecular weight excluding hydrogens is 330 g/mol. The second-order valence-electron chi connectivity index (χ2n) is 4.38. The fraction of sp³-hybridized carbons (Fsp3) is 0.0833. The molecule has 0 aliphatic carbocycles. The summed E-state index contributed by atoms with van der Waals surface area (Å²) in [4.78, 5) is 27.1. The predicted molar refractivity (Wildman–Crippen MR) is 81.7 cm³/mol. The number of nitro benzene ring substituents is 1. The number of carbonyl (C=O) groups is 1. The lowest BCUT2D eigenvalue weighted by molar-refractivity contribution is -0.384. The number of fused-ring (bicyclic) bond motifs is 1. The Balaban J connectivity index is 1.87. The SMILES string of the molecule is Cc1csc2nc(NC(=O)c3ccc(Cl)c([N+](=O)[O-])c3)nn12. The minimum absolute atomic E-state index is 0.0298. The summed E-state index contributed by atoms with van der Waals surface area (Å²) in [5, 5.41) is 19.3. The molecule has 0 radical (unpaired) electrons. The molecule has 3 rings (SSSR count). The molecule has 0 fully saturated rings. The zero-order valence-corrected chi connectivity index (χ0v) is 12.7. The molecule has 22 heavy (non-hydrogen) atoms. The third-order valence-corrected chi connectivity index (χ3v) is 4.13. The van der Waals surface area contributed by atoms with Gasteiger partial charge in [0.05, 0.1) is 10.6 Å². The minimum atomic E-state index is -0.646. The molecule has 3 aromatic rings. The van der Waals surface area contributed by atoms with Gasteiger partial charge in [0.25, 0.3) is 17.5 Å². The summed E-state index contributed by atoms with van der Waals surface area (Å²) in [6.45, 7) is 1.87. The molecule has 2 aromatic heterocycles. The number of aryl methyl sites for hydroxylation is 1. The van der Waals surface area contributed by atoms with Crippen molar-refractivity contribution in [3.8, 4) is 0 Å². The van der Waals surface area contributed by atoms with Crippen LogP contribution < -0.4 is 5.32 Å². The van der Waals surface area contributed by atoms with Crippen LogP contribution in [0.15, 0.2) is 23.6 Å². The van der Waals surface area contributed by atoms with E-state index in [0.717, 1.165) is 11.8 Å². The lowest BCUT2D eigenvalue weighted by atomic mass is 10.2. The van der Waals surface area contributed by atoms with Crippen LogP contribution in [0.4, 0.5) is 11.6 Å². The van der Waals surface area contributed by atoms with Gasteiger partial charge in [-0.15, -0.1) is 16.4 Å². The van der Waals surface area contributed by atoms with Gasteiger partial charge in [-0.2, -0.15) is 4.98 Å². The number of hydrogen-bond donors (Lipinski definition) is 1. The van der Waals surface area contributed by atoms with E-state index in [1.807, 2.05) is 12.3 Å². The largest absolute Gasteiger partial charge is 0.289 e. The van der Waals surface area contributed by atoms with Crippen molar-refractivity contribution < 1.29 is 9.72 Å². The average Bonchev–Trinajstić information content (AvgIpc) is 3.01. The van der Waals surface area contributed by atoms with Gasteiger partial charge in [0.15, 0.2) is 0 Å². The molecule has 0 unspecified atom stereocenters. The Bertz CT molecular complexity index is 903. The lowest BCUT2D eigenvalue weighted by Crippen LogP contribution is -2.13. The van der Waals surface area contributed by atoms with Crippen molar-refractivity contribution in [3.05, 3.63) is 50.0 Å². The van der Waals surface area contributed by atoms with Crippen LogP contribution in [-0.4, -0.2) is 25.4 Å². The molecule has 112 valence electrons. The summed E-state index contributed by atoms with van der Waals surface area (Å²) < 4.78 is 1.60. The molecule has 0 spiro atoms. The maximum Gasteiger partial charge on any atom is 0.288 e. The summed E-state index contributed by atoms with van der Waals surface area (Å²) >= 11 is 7.11. The van der Waals surface area contributed by atoms with Gasteiger partial charge in [-0.05, 0) is 19.1 Å². The number of aromatic nitrogens is 3. The average molecular weight is 338 g/mol. The molecule has 0 aliphatic heterocycles. The van der Waals surface area contributed by atoms with E-state index in [2.05, 4.69) is 15.4 Å². The molecule has 1 aromatic carbocycles. The molecular formula is C12H8ClN5O3S. The number of nitrogens with one attached hydrogen (secondary N) is 1. The second kappa shape index (κ2) is 5.35. The first kappa shape index (κ1) is 14.4. The van der Waals surface area contributed by atoms with Gasteiger partial charge < -0.3 is 0 Å². The summed E-state index contributed by atoms with van der Waals surface area (Å²) in [7, 11) is 0. The van der Waals surface area contributed by atoms with Crippen LogP contribution >= 0.6 is 22.9 Å². The van der Waals surface area contributed by atoms with Gasteiger partial charge in [-0.1, -0.05) is 11.6 Å². The van der Waals surface area contributed by atoms with Crippen molar-refractivity contribution in [2.75, 3.05) is 5.32 Å². The van der Waals surface area contributed by atoms with Crippen molar-refractivity contribution in [1.29, 1.82) is 0 Å². The van der Waals surface area contributed by atoms with Gasteiger partial charge in [-0.3, -0.25) is 20.2 Å². The Morgan fingerprint density at radius 2 is 2.27 bits per heavy atom. The Morgan fingerprint density at radius 1 is 1.50 bits per heavy atom. The van der Waals surface area contributed by atoms with E-state index < -0.39 is 10.8 Å². The highest BCUT2D eigenvalue weighted by atomic mass is 35.5. The van der Waals surface area contributed by atoms with E-state index >= 15 is 0 Å².